The minimum atomic E-state index is -0.811. The van der Waals surface area contributed by atoms with Gasteiger partial charge in [-0.3, -0.25) is 4.79 Å². The predicted molar refractivity (Wildman–Crippen MR) is 116 cm³/mol. The van der Waals surface area contributed by atoms with Crippen LogP contribution in [-0.4, -0.2) is 28.1 Å². The molecule has 0 radical (unpaired) electrons. The molecule has 2 aromatic heterocycles. The van der Waals surface area contributed by atoms with Crippen LogP contribution in [0.5, 0.6) is 0 Å². The monoisotopic (exact) mass is 424 g/mol. The third kappa shape index (κ3) is 3.81. The van der Waals surface area contributed by atoms with Gasteiger partial charge < -0.3 is 19.0 Å². The average Bonchev–Trinajstić information content (AvgIpc) is 3.30. The van der Waals surface area contributed by atoms with Crippen molar-refractivity contribution in [2.75, 3.05) is 0 Å². The van der Waals surface area contributed by atoms with Crippen LogP contribution in [0.1, 0.15) is 73.0 Å². The number of amides is 1. The lowest BCUT2D eigenvalue weighted by molar-refractivity contribution is -0.134. The lowest BCUT2D eigenvalue weighted by atomic mass is 9.53. The van der Waals surface area contributed by atoms with Gasteiger partial charge in [0.2, 0.25) is 0 Å². The fourth-order valence-corrected chi connectivity index (χ4v) is 6.71. The largest absolute Gasteiger partial charge is 0.467 e. The van der Waals surface area contributed by atoms with Crippen molar-refractivity contribution in [1.29, 1.82) is 0 Å². The van der Waals surface area contributed by atoms with E-state index in [4.69, 9.17) is 9.15 Å². The van der Waals surface area contributed by atoms with Crippen LogP contribution in [0.4, 0.5) is 0 Å². The Hall–Kier alpha value is -2.50. The van der Waals surface area contributed by atoms with Crippen molar-refractivity contribution in [2.45, 2.75) is 77.5 Å². The topological polar surface area (TPSA) is 73.5 Å². The van der Waals surface area contributed by atoms with Gasteiger partial charge in [0.1, 0.15) is 5.76 Å². The summed E-state index contributed by atoms with van der Waals surface area (Å²) >= 11 is 0. The SMILES string of the molecule is Cc1cc(C(=O)O[C@@H](C)C(=O)NC23CC4CC(CC(C4)C2)C3)c(C)n1Cc1ccco1. The first-order chi connectivity index (χ1) is 14.8. The molecule has 0 aromatic carbocycles. The highest BCUT2D eigenvalue weighted by atomic mass is 16.5. The zero-order chi connectivity index (χ0) is 21.8. The molecule has 4 saturated carbocycles. The van der Waals surface area contributed by atoms with E-state index in [2.05, 4.69) is 5.32 Å². The lowest BCUT2D eigenvalue weighted by Gasteiger charge is -2.57. The van der Waals surface area contributed by atoms with Crippen LogP contribution in [0.3, 0.4) is 0 Å². The smallest absolute Gasteiger partial charge is 0.340 e. The van der Waals surface area contributed by atoms with Gasteiger partial charge in [-0.2, -0.15) is 0 Å². The van der Waals surface area contributed by atoms with Gasteiger partial charge in [-0.25, -0.2) is 4.79 Å². The second kappa shape index (κ2) is 7.57. The molecule has 4 fully saturated rings. The molecule has 1 atom stereocenters. The summed E-state index contributed by atoms with van der Waals surface area (Å²) < 4.78 is 13.1. The van der Waals surface area contributed by atoms with Gasteiger partial charge in [-0.05, 0) is 95.2 Å². The number of carbonyl (C=O) groups is 2. The Labute approximate surface area is 183 Å². The van der Waals surface area contributed by atoms with E-state index in [9.17, 15) is 9.59 Å². The van der Waals surface area contributed by atoms with Crippen LogP contribution in [0.15, 0.2) is 28.9 Å². The van der Waals surface area contributed by atoms with E-state index in [1.54, 1.807) is 13.2 Å². The Balaban J connectivity index is 1.24. The molecular formula is C25H32N2O4. The van der Waals surface area contributed by atoms with E-state index in [-0.39, 0.29) is 11.4 Å². The van der Waals surface area contributed by atoms with E-state index < -0.39 is 12.1 Å². The molecule has 2 aromatic rings. The van der Waals surface area contributed by atoms with E-state index in [0.29, 0.717) is 12.1 Å². The number of hydrogen-bond acceptors (Lipinski definition) is 4. The maximum atomic E-state index is 13.0. The number of ether oxygens (including phenoxy) is 1. The molecule has 0 aliphatic heterocycles. The molecule has 4 aliphatic rings. The van der Waals surface area contributed by atoms with Crippen molar-refractivity contribution in [2.24, 2.45) is 17.8 Å². The first kappa shape index (κ1) is 20.4. The maximum absolute atomic E-state index is 13.0. The highest BCUT2D eigenvalue weighted by Gasteiger charge is 2.51. The zero-order valence-electron chi connectivity index (χ0n) is 18.6. The number of furan rings is 1. The van der Waals surface area contributed by atoms with Crippen molar-refractivity contribution in [3.05, 3.63) is 47.2 Å². The molecule has 1 N–H and O–H groups in total. The fraction of sp³-hybridized carbons (Fsp3) is 0.600. The van der Waals surface area contributed by atoms with Gasteiger partial charge in [0.25, 0.3) is 5.91 Å². The van der Waals surface area contributed by atoms with Crippen LogP contribution < -0.4 is 5.32 Å². The first-order valence-corrected chi connectivity index (χ1v) is 11.5. The summed E-state index contributed by atoms with van der Waals surface area (Å²) in [5.41, 5.74) is 2.18. The number of carbonyl (C=O) groups excluding carboxylic acids is 2. The number of rotatable bonds is 6. The number of esters is 1. The lowest BCUT2D eigenvalue weighted by Crippen LogP contribution is -2.61. The molecule has 0 spiro atoms. The van der Waals surface area contributed by atoms with Gasteiger partial charge >= 0.3 is 5.97 Å². The normalized spacial score (nSPS) is 29.7. The Kier molecular flexibility index (Phi) is 4.98. The molecule has 4 aliphatic carbocycles. The standard InChI is InChI=1S/C25H32N2O4/c1-15-7-22(16(2)27(15)14-21-5-4-6-30-21)24(29)31-17(3)23(28)26-25-11-18-8-19(12-25)10-20(9-18)13-25/h4-7,17-20H,8-14H2,1-3H3,(H,26,28)/t17-,18?,19?,20?,25?/m0/s1. The van der Waals surface area contributed by atoms with Gasteiger partial charge in [-0.15, -0.1) is 0 Å². The molecule has 6 rings (SSSR count). The molecule has 0 unspecified atom stereocenters. The fourth-order valence-electron chi connectivity index (χ4n) is 6.71. The Morgan fingerprint density at radius 2 is 1.84 bits per heavy atom. The molecule has 166 valence electrons. The second-order valence-electron chi connectivity index (χ2n) is 10.2. The van der Waals surface area contributed by atoms with Crippen LogP contribution in [0.25, 0.3) is 0 Å². The second-order valence-corrected chi connectivity index (χ2v) is 10.2. The van der Waals surface area contributed by atoms with Gasteiger partial charge in [0.05, 0.1) is 18.4 Å². The number of nitrogens with one attached hydrogen (secondary N) is 1. The number of aromatic nitrogens is 1. The molecule has 2 heterocycles. The van der Waals surface area contributed by atoms with Crippen LogP contribution in [0, 0.1) is 31.6 Å². The summed E-state index contributed by atoms with van der Waals surface area (Å²) in [5, 5.41) is 3.31. The number of hydrogen-bond donors (Lipinski definition) is 1. The molecule has 4 bridgehead atoms. The minimum Gasteiger partial charge on any atom is -0.467 e. The Morgan fingerprint density at radius 1 is 1.19 bits per heavy atom. The molecular weight excluding hydrogens is 392 g/mol. The molecule has 31 heavy (non-hydrogen) atoms. The number of nitrogens with zero attached hydrogens (tertiary/aromatic N) is 1. The van der Waals surface area contributed by atoms with Crippen molar-refractivity contribution >= 4 is 11.9 Å². The zero-order valence-corrected chi connectivity index (χ0v) is 18.6. The summed E-state index contributed by atoms with van der Waals surface area (Å²) in [5.74, 6) is 2.47. The summed E-state index contributed by atoms with van der Waals surface area (Å²) in [6, 6.07) is 5.58. The van der Waals surface area contributed by atoms with Crippen molar-refractivity contribution < 1.29 is 18.7 Å². The third-order valence-electron chi connectivity index (χ3n) is 7.77. The highest BCUT2D eigenvalue weighted by Crippen LogP contribution is 2.55. The molecule has 1 amide bonds. The molecule has 6 nitrogen and oxygen atoms in total. The van der Waals surface area contributed by atoms with Gasteiger partial charge in [0, 0.05) is 16.9 Å². The van der Waals surface area contributed by atoms with E-state index >= 15 is 0 Å². The predicted octanol–water partition coefficient (Wildman–Crippen LogP) is 4.38. The highest BCUT2D eigenvalue weighted by molar-refractivity contribution is 5.93. The Bertz CT molecular complexity index is 952. The summed E-state index contributed by atoms with van der Waals surface area (Å²) in [6.45, 7) is 6.08. The summed E-state index contributed by atoms with van der Waals surface area (Å²) in [6.07, 6.45) is 8.06. The average molecular weight is 425 g/mol. The van der Waals surface area contributed by atoms with Crippen LogP contribution >= 0.6 is 0 Å². The van der Waals surface area contributed by atoms with E-state index in [0.717, 1.165) is 54.2 Å². The molecule has 6 heteroatoms. The van der Waals surface area contributed by atoms with Crippen LogP contribution in [-0.2, 0) is 16.1 Å². The van der Waals surface area contributed by atoms with E-state index in [1.807, 2.05) is 36.6 Å². The first-order valence-electron chi connectivity index (χ1n) is 11.5. The quantitative estimate of drug-likeness (QED) is 0.699. The summed E-state index contributed by atoms with van der Waals surface area (Å²) in [4.78, 5) is 25.8. The van der Waals surface area contributed by atoms with Crippen LogP contribution in [0.2, 0.25) is 0 Å². The van der Waals surface area contributed by atoms with Crippen molar-refractivity contribution in [3.8, 4) is 0 Å². The minimum absolute atomic E-state index is 0.0780. The number of aryl methyl sites for hydroxylation is 1. The summed E-state index contributed by atoms with van der Waals surface area (Å²) in [7, 11) is 0. The molecule has 0 saturated heterocycles. The Morgan fingerprint density at radius 3 is 2.42 bits per heavy atom. The van der Waals surface area contributed by atoms with Gasteiger partial charge in [0.15, 0.2) is 6.10 Å². The third-order valence-corrected chi connectivity index (χ3v) is 7.77. The maximum Gasteiger partial charge on any atom is 0.340 e. The van der Waals surface area contributed by atoms with Crippen molar-refractivity contribution in [3.63, 3.8) is 0 Å². The van der Waals surface area contributed by atoms with Gasteiger partial charge in [-0.1, -0.05) is 0 Å². The van der Waals surface area contributed by atoms with E-state index in [1.165, 1.54) is 19.3 Å². The van der Waals surface area contributed by atoms with Crippen molar-refractivity contribution in [1.82, 2.24) is 9.88 Å².